The molecule has 0 unspecified atom stereocenters. The molecule has 0 radical (unpaired) electrons. The molecule has 5 nitrogen and oxygen atoms in total. The van der Waals surface area contributed by atoms with Crippen molar-refractivity contribution in [2.45, 2.75) is 19.4 Å². The minimum Gasteiger partial charge on any atom is -0.486 e. The normalized spacial score (nSPS) is 13.6. The summed E-state index contributed by atoms with van der Waals surface area (Å²) in [6, 6.07) is 19.6. The van der Waals surface area contributed by atoms with E-state index in [2.05, 4.69) is 29.6 Å². The third kappa shape index (κ3) is 4.14. The Labute approximate surface area is 164 Å². The zero-order chi connectivity index (χ0) is 19.3. The Bertz CT molecular complexity index is 955. The monoisotopic (exact) mass is 375 g/mol. The largest absolute Gasteiger partial charge is 0.486 e. The number of anilines is 1. The average molecular weight is 375 g/mol. The minimum atomic E-state index is -0.334. The number of hydrogen-bond donors (Lipinski definition) is 1. The van der Waals surface area contributed by atoms with Gasteiger partial charge in [0.1, 0.15) is 13.2 Å². The summed E-state index contributed by atoms with van der Waals surface area (Å²) in [5, 5.41) is 2.95. The van der Waals surface area contributed by atoms with Crippen LogP contribution in [0.2, 0.25) is 0 Å². The maximum absolute atomic E-state index is 12.7. The van der Waals surface area contributed by atoms with E-state index in [1.165, 1.54) is 11.1 Å². The molecule has 0 saturated carbocycles. The lowest BCUT2D eigenvalue weighted by Crippen LogP contribution is -2.44. The maximum atomic E-state index is 12.7. The summed E-state index contributed by atoms with van der Waals surface area (Å²) in [4.78, 5) is 12.7. The second-order valence-electron chi connectivity index (χ2n) is 6.84. The molecule has 4 rings (SSSR count). The van der Waals surface area contributed by atoms with Crippen LogP contribution in [-0.4, -0.2) is 19.1 Å². The molecule has 3 aromatic rings. The molecule has 0 bridgehead atoms. The summed E-state index contributed by atoms with van der Waals surface area (Å²) >= 11 is 0. The topological polar surface area (TPSA) is 51.4 Å². The number of aromatic nitrogens is 1. The second-order valence-corrected chi connectivity index (χ2v) is 6.84. The van der Waals surface area contributed by atoms with Crippen LogP contribution in [0.4, 0.5) is 5.69 Å². The fourth-order valence-corrected chi connectivity index (χ4v) is 3.18. The van der Waals surface area contributed by atoms with E-state index in [9.17, 15) is 4.79 Å². The summed E-state index contributed by atoms with van der Waals surface area (Å²) in [7, 11) is 0. The average Bonchev–Trinajstić information content (AvgIpc) is 2.74. The van der Waals surface area contributed by atoms with Crippen molar-refractivity contribution in [2.75, 3.05) is 18.5 Å². The molecule has 0 fully saturated rings. The maximum Gasteiger partial charge on any atom is 0.293 e. The molecule has 1 N–H and O–H groups in total. The van der Waals surface area contributed by atoms with Gasteiger partial charge < -0.3 is 14.8 Å². The SMILES string of the molecule is C[C@H](C(=O)Nc1ccc2c(c1)OCCO2)[n+]1ccc(Cc2ccccc2)cc1. The van der Waals surface area contributed by atoms with Crippen LogP contribution in [-0.2, 0) is 11.2 Å². The molecule has 28 heavy (non-hydrogen) atoms. The molecule has 0 spiro atoms. The van der Waals surface area contributed by atoms with Crippen LogP contribution in [0.25, 0.3) is 0 Å². The van der Waals surface area contributed by atoms with Crippen molar-refractivity contribution >= 4 is 11.6 Å². The number of ether oxygens (including phenoxy) is 2. The van der Waals surface area contributed by atoms with Crippen molar-refractivity contribution in [2.24, 2.45) is 0 Å². The van der Waals surface area contributed by atoms with Gasteiger partial charge in [-0.15, -0.1) is 0 Å². The van der Waals surface area contributed by atoms with E-state index in [1.807, 2.05) is 54.2 Å². The van der Waals surface area contributed by atoms with Gasteiger partial charge in [0.2, 0.25) is 6.04 Å². The number of rotatable bonds is 5. The van der Waals surface area contributed by atoms with Crippen LogP contribution in [0.5, 0.6) is 11.5 Å². The van der Waals surface area contributed by atoms with E-state index >= 15 is 0 Å². The van der Waals surface area contributed by atoms with Gasteiger partial charge in [-0.2, -0.15) is 4.57 Å². The minimum absolute atomic E-state index is 0.0857. The fourth-order valence-electron chi connectivity index (χ4n) is 3.18. The Morgan fingerprint density at radius 3 is 2.39 bits per heavy atom. The van der Waals surface area contributed by atoms with Crippen molar-refractivity contribution in [1.29, 1.82) is 0 Å². The highest BCUT2D eigenvalue weighted by atomic mass is 16.6. The number of benzene rings is 2. The third-order valence-electron chi connectivity index (χ3n) is 4.81. The predicted molar refractivity (Wildman–Crippen MR) is 107 cm³/mol. The molecule has 142 valence electrons. The quantitative estimate of drug-likeness (QED) is 0.694. The van der Waals surface area contributed by atoms with Crippen LogP contribution in [0.15, 0.2) is 73.1 Å². The molecule has 1 amide bonds. The molecule has 0 aliphatic carbocycles. The van der Waals surface area contributed by atoms with E-state index in [0.717, 1.165) is 6.42 Å². The molecule has 1 aliphatic heterocycles. The molecular formula is C23H23N2O3+. The smallest absolute Gasteiger partial charge is 0.293 e. The Kier molecular flexibility index (Phi) is 5.24. The Morgan fingerprint density at radius 1 is 0.964 bits per heavy atom. The van der Waals surface area contributed by atoms with Gasteiger partial charge in [0.25, 0.3) is 5.91 Å². The lowest BCUT2D eigenvalue weighted by Gasteiger charge is -2.19. The number of pyridine rings is 1. The van der Waals surface area contributed by atoms with Gasteiger partial charge in [0.05, 0.1) is 0 Å². The molecular weight excluding hydrogens is 352 g/mol. The Hall–Kier alpha value is -3.34. The van der Waals surface area contributed by atoms with Gasteiger partial charge in [0.15, 0.2) is 23.9 Å². The van der Waals surface area contributed by atoms with Gasteiger partial charge in [-0.05, 0) is 29.7 Å². The van der Waals surface area contributed by atoms with Crippen molar-refractivity contribution in [3.8, 4) is 11.5 Å². The highest BCUT2D eigenvalue weighted by molar-refractivity contribution is 5.92. The predicted octanol–water partition coefficient (Wildman–Crippen LogP) is 3.54. The van der Waals surface area contributed by atoms with E-state index in [0.29, 0.717) is 30.4 Å². The first-order chi connectivity index (χ1) is 13.7. The molecule has 1 aromatic heterocycles. The second kappa shape index (κ2) is 8.13. The number of amides is 1. The first kappa shape index (κ1) is 18.0. The fraction of sp³-hybridized carbons (Fsp3) is 0.217. The molecule has 5 heteroatoms. The van der Waals surface area contributed by atoms with Crippen LogP contribution < -0.4 is 19.4 Å². The van der Waals surface area contributed by atoms with Crippen molar-refractivity contribution in [1.82, 2.24) is 0 Å². The number of nitrogens with one attached hydrogen (secondary N) is 1. The Morgan fingerprint density at radius 2 is 1.64 bits per heavy atom. The number of nitrogens with zero attached hydrogens (tertiary/aromatic N) is 1. The van der Waals surface area contributed by atoms with Gasteiger partial charge >= 0.3 is 0 Å². The standard InChI is InChI=1S/C23H22N2O3/c1-17(23(26)24-20-7-8-21-22(16-20)28-14-13-27-21)25-11-9-19(10-12-25)15-18-5-3-2-4-6-18/h2-12,16-17H,13-15H2,1H3/p+1/t17-/m1/s1. The summed E-state index contributed by atoms with van der Waals surface area (Å²) in [6.45, 7) is 2.95. The van der Waals surface area contributed by atoms with Crippen LogP contribution in [0.1, 0.15) is 24.1 Å². The van der Waals surface area contributed by atoms with Crippen LogP contribution >= 0.6 is 0 Å². The molecule has 2 aromatic carbocycles. The van der Waals surface area contributed by atoms with Gasteiger partial charge in [0, 0.05) is 30.8 Å². The summed E-state index contributed by atoms with van der Waals surface area (Å²) in [5.41, 5.74) is 3.17. The highest BCUT2D eigenvalue weighted by Crippen LogP contribution is 2.32. The zero-order valence-electron chi connectivity index (χ0n) is 15.8. The van der Waals surface area contributed by atoms with Crippen molar-refractivity contribution < 1.29 is 18.8 Å². The van der Waals surface area contributed by atoms with Gasteiger partial charge in [-0.3, -0.25) is 4.79 Å². The summed E-state index contributed by atoms with van der Waals surface area (Å²) < 4.78 is 13.0. The molecule has 1 atom stereocenters. The molecule has 0 saturated heterocycles. The molecule has 2 heterocycles. The lowest BCUT2D eigenvalue weighted by atomic mass is 10.1. The van der Waals surface area contributed by atoms with Crippen LogP contribution in [0, 0.1) is 0 Å². The summed E-state index contributed by atoms with van der Waals surface area (Å²) in [6.07, 6.45) is 4.78. The van der Waals surface area contributed by atoms with Crippen LogP contribution in [0.3, 0.4) is 0 Å². The van der Waals surface area contributed by atoms with E-state index in [1.54, 1.807) is 6.07 Å². The number of hydrogen-bond acceptors (Lipinski definition) is 3. The summed E-state index contributed by atoms with van der Waals surface area (Å²) in [5.74, 6) is 1.28. The highest BCUT2D eigenvalue weighted by Gasteiger charge is 2.22. The third-order valence-corrected chi connectivity index (χ3v) is 4.81. The van der Waals surface area contributed by atoms with Gasteiger partial charge in [-0.25, -0.2) is 0 Å². The number of carbonyl (C=O) groups excluding carboxylic acids is 1. The van der Waals surface area contributed by atoms with Gasteiger partial charge in [-0.1, -0.05) is 30.3 Å². The van der Waals surface area contributed by atoms with Crippen molar-refractivity contribution in [3.63, 3.8) is 0 Å². The first-order valence-electron chi connectivity index (χ1n) is 9.43. The molecule has 1 aliphatic rings. The zero-order valence-corrected chi connectivity index (χ0v) is 15.8. The van der Waals surface area contributed by atoms with E-state index in [-0.39, 0.29) is 11.9 Å². The number of fused-ring (bicyclic) bond motifs is 1. The van der Waals surface area contributed by atoms with Crippen molar-refractivity contribution in [3.05, 3.63) is 84.2 Å². The lowest BCUT2D eigenvalue weighted by molar-refractivity contribution is -0.705. The number of carbonyl (C=O) groups is 1. The van der Waals surface area contributed by atoms with E-state index < -0.39 is 0 Å². The first-order valence-corrected chi connectivity index (χ1v) is 9.43. The Balaban J connectivity index is 1.41. The van der Waals surface area contributed by atoms with E-state index in [4.69, 9.17) is 9.47 Å².